The van der Waals surface area contributed by atoms with Crippen molar-refractivity contribution < 1.29 is 9.59 Å². The number of rotatable bonds is 4. The maximum absolute atomic E-state index is 11.1. The number of aromatic nitrogens is 1. The highest BCUT2D eigenvalue weighted by atomic mass is 16.2. The standard InChI is InChI=1S/C10H14N4O2/c1-7(8-3-2-4-12-5-8)13-6-9(15)14-10(11)16/h2-5,7,13H,6H2,1H3,(H3,11,14,15,16)/t7-/m0/s1. The van der Waals surface area contributed by atoms with Crippen molar-refractivity contribution >= 4 is 11.9 Å². The molecule has 0 saturated carbocycles. The SMILES string of the molecule is C[C@H](NCC(=O)NC(N)=O)c1cccnc1. The van der Waals surface area contributed by atoms with Crippen LogP contribution in [-0.4, -0.2) is 23.5 Å². The van der Waals surface area contributed by atoms with Gasteiger partial charge in [-0.3, -0.25) is 15.1 Å². The van der Waals surface area contributed by atoms with E-state index in [4.69, 9.17) is 5.73 Å². The molecule has 1 rings (SSSR count). The molecule has 0 bridgehead atoms. The zero-order valence-electron chi connectivity index (χ0n) is 8.93. The molecular weight excluding hydrogens is 208 g/mol. The predicted molar refractivity (Wildman–Crippen MR) is 58.4 cm³/mol. The minimum atomic E-state index is -0.846. The van der Waals surface area contributed by atoms with Crippen LogP contribution in [0, 0.1) is 0 Å². The van der Waals surface area contributed by atoms with Crippen molar-refractivity contribution in [3.8, 4) is 0 Å². The first-order valence-corrected chi connectivity index (χ1v) is 4.82. The first kappa shape index (κ1) is 12.1. The number of nitrogens with zero attached hydrogens (tertiary/aromatic N) is 1. The summed E-state index contributed by atoms with van der Waals surface area (Å²) >= 11 is 0. The molecule has 0 unspecified atom stereocenters. The van der Waals surface area contributed by atoms with E-state index in [-0.39, 0.29) is 12.6 Å². The zero-order valence-corrected chi connectivity index (χ0v) is 8.93. The summed E-state index contributed by atoms with van der Waals surface area (Å²) in [5.41, 5.74) is 5.77. The molecule has 1 aromatic heterocycles. The van der Waals surface area contributed by atoms with Crippen LogP contribution in [0.25, 0.3) is 0 Å². The number of hydrogen-bond donors (Lipinski definition) is 3. The lowest BCUT2D eigenvalue weighted by Gasteiger charge is -2.12. The van der Waals surface area contributed by atoms with E-state index in [9.17, 15) is 9.59 Å². The Bertz CT molecular complexity index is 366. The molecule has 3 amide bonds. The van der Waals surface area contributed by atoms with Gasteiger partial charge in [0.05, 0.1) is 6.54 Å². The number of hydrogen-bond acceptors (Lipinski definition) is 4. The highest BCUT2D eigenvalue weighted by molar-refractivity contribution is 5.94. The zero-order chi connectivity index (χ0) is 12.0. The maximum Gasteiger partial charge on any atom is 0.318 e. The number of carbonyl (C=O) groups is 2. The van der Waals surface area contributed by atoms with Gasteiger partial charge in [-0.1, -0.05) is 6.07 Å². The van der Waals surface area contributed by atoms with Crippen molar-refractivity contribution in [3.63, 3.8) is 0 Å². The Balaban J connectivity index is 2.39. The minimum absolute atomic E-state index is 0.0210. The van der Waals surface area contributed by atoms with Crippen molar-refractivity contribution in [1.29, 1.82) is 0 Å². The summed E-state index contributed by atoms with van der Waals surface area (Å²) in [5.74, 6) is -0.455. The van der Waals surface area contributed by atoms with Gasteiger partial charge in [-0.15, -0.1) is 0 Å². The molecule has 0 aliphatic heterocycles. The summed E-state index contributed by atoms with van der Waals surface area (Å²) < 4.78 is 0. The number of urea groups is 1. The molecule has 1 aromatic rings. The normalized spacial score (nSPS) is 11.8. The number of nitrogens with one attached hydrogen (secondary N) is 2. The number of carbonyl (C=O) groups excluding carboxylic acids is 2. The number of imide groups is 1. The Morgan fingerprint density at radius 2 is 2.31 bits per heavy atom. The van der Waals surface area contributed by atoms with Crippen LogP contribution in [0.2, 0.25) is 0 Å². The van der Waals surface area contributed by atoms with Crippen LogP contribution < -0.4 is 16.4 Å². The molecule has 0 spiro atoms. The lowest BCUT2D eigenvalue weighted by molar-refractivity contribution is -0.119. The number of primary amides is 1. The number of amides is 3. The third kappa shape index (κ3) is 4.05. The van der Waals surface area contributed by atoms with Crippen LogP contribution in [0.4, 0.5) is 4.79 Å². The van der Waals surface area contributed by atoms with Gasteiger partial charge in [-0.25, -0.2) is 4.79 Å². The fraction of sp³-hybridized carbons (Fsp3) is 0.300. The van der Waals surface area contributed by atoms with Crippen molar-refractivity contribution in [2.75, 3.05) is 6.54 Å². The molecule has 0 saturated heterocycles. The maximum atomic E-state index is 11.1. The van der Waals surface area contributed by atoms with Crippen LogP contribution in [0.1, 0.15) is 18.5 Å². The molecule has 4 N–H and O–H groups in total. The average molecular weight is 222 g/mol. The van der Waals surface area contributed by atoms with Crippen molar-refractivity contribution in [2.24, 2.45) is 5.73 Å². The summed E-state index contributed by atoms with van der Waals surface area (Å²) in [6, 6.07) is 2.85. The van der Waals surface area contributed by atoms with Gasteiger partial charge in [0.25, 0.3) is 0 Å². The molecule has 1 heterocycles. The van der Waals surface area contributed by atoms with E-state index in [0.29, 0.717) is 0 Å². The summed E-state index contributed by atoms with van der Waals surface area (Å²) in [7, 11) is 0. The summed E-state index contributed by atoms with van der Waals surface area (Å²) in [4.78, 5) is 25.4. The van der Waals surface area contributed by atoms with Gasteiger partial charge < -0.3 is 11.1 Å². The van der Waals surface area contributed by atoms with Crippen molar-refractivity contribution in [2.45, 2.75) is 13.0 Å². The molecule has 6 nitrogen and oxygen atoms in total. The lowest BCUT2D eigenvalue weighted by atomic mass is 10.1. The molecule has 6 heteroatoms. The van der Waals surface area contributed by atoms with Gasteiger partial charge in [0.2, 0.25) is 5.91 Å². The molecule has 0 aromatic carbocycles. The first-order valence-electron chi connectivity index (χ1n) is 4.82. The van der Waals surface area contributed by atoms with E-state index in [2.05, 4.69) is 10.3 Å². The average Bonchev–Trinajstić information content (AvgIpc) is 2.26. The molecule has 16 heavy (non-hydrogen) atoms. The Labute approximate surface area is 93.2 Å². The van der Waals surface area contributed by atoms with Gasteiger partial charge in [0, 0.05) is 18.4 Å². The van der Waals surface area contributed by atoms with Gasteiger partial charge in [0.1, 0.15) is 0 Å². The molecule has 0 radical (unpaired) electrons. The van der Waals surface area contributed by atoms with E-state index in [1.54, 1.807) is 12.4 Å². The monoisotopic (exact) mass is 222 g/mol. The fourth-order valence-corrected chi connectivity index (χ4v) is 1.18. The smallest absolute Gasteiger partial charge is 0.318 e. The quantitative estimate of drug-likeness (QED) is 0.664. The minimum Gasteiger partial charge on any atom is -0.351 e. The van der Waals surface area contributed by atoms with Crippen LogP contribution in [0.5, 0.6) is 0 Å². The summed E-state index contributed by atoms with van der Waals surface area (Å²) in [6.07, 6.45) is 3.39. The predicted octanol–water partition coefficient (Wildman–Crippen LogP) is -0.0729. The second-order valence-corrected chi connectivity index (χ2v) is 3.30. The van der Waals surface area contributed by atoms with Gasteiger partial charge >= 0.3 is 6.03 Å². The molecule has 0 aliphatic rings. The van der Waals surface area contributed by atoms with Crippen molar-refractivity contribution in [3.05, 3.63) is 30.1 Å². The third-order valence-electron chi connectivity index (χ3n) is 2.02. The molecular formula is C10H14N4O2. The Kier molecular flexibility index (Phi) is 4.41. The largest absolute Gasteiger partial charge is 0.351 e. The second kappa shape index (κ2) is 5.82. The Morgan fingerprint density at radius 3 is 2.88 bits per heavy atom. The van der Waals surface area contributed by atoms with Crippen LogP contribution in [0.3, 0.4) is 0 Å². The molecule has 0 fully saturated rings. The van der Waals surface area contributed by atoms with E-state index < -0.39 is 11.9 Å². The van der Waals surface area contributed by atoms with Crippen molar-refractivity contribution in [1.82, 2.24) is 15.6 Å². The van der Waals surface area contributed by atoms with Gasteiger partial charge in [0.15, 0.2) is 0 Å². The van der Waals surface area contributed by atoms with E-state index in [1.807, 2.05) is 24.4 Å². The highest BCUT2D eigenvalue weighted by Gasteiger charge is 2.08. The van der Waals surface area contributed by atoms with Gasteiger partial charge in [-0.2, -0.15) is 0 Å². The lowest BCUT2D eigenvalue weighted by Crippen LogP contribution is -2.41. The Morgan fingerprint density at radius 1 is 1.56 bits per heavy atom. The number of nitrogens with two attached hydrogens (primary N) is 1. The van der Waals surface area contributed by atoms with Crippen LogP contribution in [0.15, 0.2) is 24.5 Å². The molecule has 1 atom stereocenters. The van der Waals surface area contributed by atoms with E-state index in [1.165, 1.54) is 0 Å². The Hall–Kier alpha value is -1.95. The van der Waals surface area contributed by atoms with Gasteiger partial charge in [-0.05, 0) is 18.6 Å². The fourth-order valence-electron chi connectivity index (χ4n) is 1.18. The molecule has 0 aliphatic carbocycles. The summed E-state index contributed by atoms with van der Waals surface area (Å²) in [5, 5.41) is 4.92. The molecule has 86 valence electrons. The summed E-state index contributed by atoms with van der Waals surface area (Å²) in [6.45, 7) is 1.92. The highest BCUT2D eigenvalue weighted by Crippen LogP contribution is 2.08. The first-order chi connectivity index (χ1) is 7.59. The third-order valence-corrected chi connectivity index (χ3v) is 2.02. The van der Waals surface area contributed by atoms with E-state index >= 15 is 0 Å². The van der Waals surface area contributed by atoms with E-state index in [0.717, 1.165) is 5.56 Å². The van der Waals surface area contributed by atoms with Crippen LogP contribution in [-0.2, 0) is 4.79 Å². The number of pyridine rings is 1. The van der Waals surface area contributed by atoms with Crippen LogP contribution >= 0.6 is 0 Å². The topological polar surface area (TPSA) is 97.1 Å². The second-order valence-electron chi connectivity index (χ2n) is 3.30.